The summed E-state index contributed by atoms with van der Waals surface area (Å²) < 4.78 is 16.9. The van der Waals surface area contributed by atoms with Crippen LogP contribution in [0.2, 0.25) is 0 Å². The summed E-state index contributed by atoms with van der Waals surface area (Å²) in [5, 5.41) is 0. The zero-order valence-electron chi connectivity index (χ0n) is 53.9. The Morgan fingerprint density at radius 1 is 0.253 bits per heavy atom. The molecule has 0 aromatic carbocycles. The van der Waals surface area contributed by atoms with Gasteiger partial charge in [-0.05, 0) is 148 Å². The maximum atomic E-state index is 13.0. The number of esters is 3. The van der Waals surface area contributed by atoms with Gasteiger partial charge in [0.25, 0.3) is 0 Å². The van der Waals surface area contributed by atoms with Gasteiger partial charge in [0, 0.05) is 19.3 Å². The average molecular weight is 1150 g/mol. The Kier molecular flexibility index (Phi) is 65.8. The SMILES string of the molecule is CC/C=C\C/C=C\C/C=C\C/C=C\C/C=C\C/C=C\C/C=C\CCCCCCCC(=O)OCC(COC(=O)CCCCCCCCC/C=C\C/C=C\CCCCC)OC(=O)CCCCCCCC/C=C\C/C=C\C/C=C\CCCCCCC. The number of carbonyl (C=O) groups is 3. The van der Waals surface area contributed by atoms with Crippen molar-refractivity contribution in [2.75, 3.05) is 13.2 Å². The van der Waals surface area contributed by atoms with Crippen LogP contribution in [0.1, 0.15) is 303 Å². The lowest BCUT2D eigenvalue weighted by Crippen LogP contribution is -2.30. The van der Waals surface area contributed by atoms with Crippen LogP contribution >= 0.6 is 0 Å². The summed E-state index contributed by atoms with van der Waals surface area (Å²) in [5.74, 6) is -0.934. The van der Waals surface area contributed by atoms with E-state index in [4.69, 9.17) is 14.2 Å². The van der Waals surface area contributed by atoms with Crippen molar-refractivity contribution in [3.63, 3.8) is 0 Å². The van der Waals surface area contributed by atoms with Crippen LogP contribution in [0.3, 0.4) is 0 Å². The van der Waals surface area contributed by atoms with Crippen molar-refractivity contribution in [1.29, 1.82) is 0 Å². The number of hydrogen-bond donors (Lipinski definition) is 0. The molecular weight excluding hydrogens is 1020 g/mol. The molecule has 0 radical (unpaired) electrons. The Bertz CT molecular complexity index is 1800. The molecule has 0 rings (SSSR count). The van der Waals surface area contributed by atoms with Gasteiger partial charge in [0.05, 0.1) is 0 Å². The van der Waals surface area contributed by atoms with Crippen LogP contribution in [0.15, 0.2) is 146 Å². The molecule has 6 heteroatoms. The fourth-order valence-corrected chi connectivity index (χ4v) is 9.17. The first-order chi connectivity index (χ1) is 41.0. The van der Waals surface area contributed by atoms with E-state index >= 15 is 0 Å². The molecule has 0 aliphatic carbocycles. The maximum Gasteiger partial charge on any atom is 0.306 e. The van der Waals surface area contributed by atoms with Gasteiger partial charge in [0.1, 0.15) is 13.2 Å². The molecule has 0 spiro atoms. The van der Waals surface area contributed by atoms with Crippen LogP contribution in [-0.2, 0) is 28.6 Å². The third-order valence-corrected chi connectivity index (χ3v) is 14.3. The van der Waals surface area contributed by atoms with Crippen LogP contribution in [0.4, 0.5) is 0 Å². The minimum absolute atomic E-state index is 0.0984. The summed E-state index contributed by atoms with van der Waals surface area (Å²) in [6, 6.07) is 0. The first-order valence-electron chi connectivity index (χ1n) is 34.3. The van der Waals surface area contributed by atoms with E-state index in [2.05, 4.69) is 167 Å². The molecule has 0 aliphatic rings. The first-order valence-corrected chi connectivity index (χ1v) is 34.3. The molecule has 0 aliphatic heterocycles. The van der Waals surface area contributed by atoms with Gasteiger partial charge in [0.15, 0.2) is 6.10 Å². The van der Waals surface area contributed by atoms with Crippen LogP contribution in [0.25, 0.3) is 0 Å². The number of ether oxygens (including phenoxy) is 3. The highest BCUT2D eigenvalue weighted by Gasteiger charge is 2.19. The second-order valence-electron chi connectivity index (χ2n) is 22.3. The quantitative estimate of drug-likeness (QED) is 0.0261. The van der Waals surface area contributed by atoms with Crippen LogP contribution in [-0.4, -0.2) is 37.2 Å². The van der Waals surface area contributed by atoms with E-state index in [9.17, 15) is 14.4 Å². The largest absolute Gasteiger partial charge is 0.462 e. The van der Waals surface area contributed by atoms with E-state index in [1.165, 1.54) is 103 Å². The highest BCUT2D eigenvalue weighted by Crippen LogP contribution is 2.15. The molecule has 83 heavy (non-hydrogen) atoms. The minimum Gasteiger partial charge on any atom is -0.462 e. The summed E-state index contributed by atoms with van der Waals surface area (Å²) in [5.41, 5.74) is 0. The highest BCUT2D eigenvalue weighted by atomic mass is 16.6. The van der Waals surface area contributed by atoms with E-state index in [0.29, 0.717) is 19.3 Å². The van der Waals surface area contributed by atoms with Crippen LogP contribution in [0, 0.1) is 0 Å². The standard InChI is InChI=1S/C77H126O6/c1-4-7-10-13-16-19-22-25-28-31-33-35-36-37-38-39-40-42-43-46-49-52-55-58-61-64-67-70-76(79)82-73-74(72-81-75(78)69-66-63-60-57-54-51-48-45-30-27-24-21-18-15-12-9-6-3)83-77(80)71-68-65-62-59-56-53-50-47-44-41-34-32-29-26-23-20-17-14-11-8-5-2/h7,10,16,18-19,21,23,25-28,30,32-35,37-38,40,42,44,46-47,49,74H,4-6,8-9,11-15,17,20,22,24,29,31,36,39,41,43,45,48,50-73H2,1-3H3/b10-7-,19-16-,21-18-,26-23-,28-25-,30-27-,34-32-,35-33-,38-37-,42-40-,47-44-,49-46-. The zero-order chi connectivity index (χ0) is 59.9. The Morgan fingerprint density at radius 2 is 0.470 bits per heavy atom. The fraction of sp³-hybridized carbons (Fsp3) is 0.649. The molecule has 0 aromatic heterocycles. The summed E-state index contributed by atoms with van der Waals surface area (Å²) >= 11 is 0. The second kappa shape index (κ2) is 69.8. The van der Waals surface area contributed by atoms with E-state index in [1.54, 1.807) is 0 Å². The topological polar surface area (TPSA) is 78.9 Å². The van der Waals surface area contributed by atoms with Gasteiger partial charge in [-0.2, -0.15) is 0 Å². The van der Waals surface area contributed by atoms with Crippen molar-refractivity contribution in [3.8, 4) is 0 Å². The zero-order valence-corrected chi connectivity index (χ0v) is 53.9. The van der Waals surface area contributed by atoms with E-state index in [-0.39, 0.29) is 31.1 Å². The monoisotopic (exact) mass is 1150 g/mol. The summed E-state index contributed by atoms with van der Waals surface area (Å²) in [6.45, 7) is 6.47. The predicted octanol–water partition coefficient (Wildman–Crippen LogP) is 23.9. The van der Waals surface area contributed by atoms with Gasteiger partial charge in [-0.25, -0.2) is 0 Å². The van der Waals surface area contributed by atoms with Crippen molar-refractivity contribution in [2.24, 2.45) is 0 Å². The molecular formula is C77H126O6. The number of allylic oxidation sites excluding steroid dienone is 24. The first kappa shape index (κ1) is 78.3. The van der Waals surface area contributed by atoms with Gasteiger partial charge < -0.3 is 14.2 Å². The lowest BCUT2D eigenvalue weighted by atomic mass is 10.1. The lowest BCUT2D eigenvalue weighted by Gasteiger charge is -2.18. The molecule has 1 unspecified atom stereocenters. The Labute approximate surface area is 512 Å². The molecule has 0 saturated carbocycles. The average Bonchev–Trinajstić information content (AvgIpc) is 3.49. The number of rotatable bonds is 61. The molecule has 0 aromatic rings. The Balaban J connectivity index is 4.47. The molecule has 1 atom stereocenters. The highest BCUT2D eigenvalue weighted by molar-refractivity contribution is 5.71. The van der Waals surface area contributed by atoms with Crippen molar-refractivity contribution in [2.45, 2.75) is 309 Å². The molecule has 0 N–H and O–H groups in total. The van der Waals surface area contributed by atoms with Gasteiger partial charge in [-0.1, -0.05) is 282 Å². The van der Waals surface area contributed by atoms with Crippen molar-refractivity contribution in [1.82, 2.24) is 0 Å². The normalized spacial score (nSPS) is 13.0. The third-order valence-electron chi connectivity index (χ3n) is 14.3. The summed E-state index contributed by atoms with van der Waals surface area (Å²) in [6.07, 6.45) is 99.9. The molecule has 0 saturated heterocycles. The van der Waals surface area contributed by atoms with E-state index in [0.717, 1.165) is 161 Å². The van der Waals surface area contributed by atoms with E-state index in [1.807, 2.05) is 0 Å². The summed E-state index contributed by atoms with van der Waals surface area (Å²) in [4.78, 5) is 38.5. The third kappa shape index (κ3) is 68.0. The molecule has 0 amide bonds. The summed E-state index contributed by atoms with van der Waals surface area (Å²) in [7, 11) is 0. The lowest BCUT2D eigenvalue weighted by molar-refractivity contribution is -0.167. The van der Waals surface area contributed by atoms with Crippen molar-refractivity contribution >= 4 is 17.9 Å². The number of unbranched alkanes of at least 4 members (excludes halogenated alkanes) is 26. The number of carbonyl (C=O) groups excluding carboxylic acids is 3. The molecule has 0 fully saturated rings. The molecule has 0 heterocycles. The van der Waals surface area contributed by atoms with Crippen LogP contribution < -0.4 is 0 Å². The van der Waals surface area contributed by atoms with Gasteiger partial charge >= 0.3 is 17.9 Å². The van der Waals surface area contributed by atoms with Crippen LogP contribution in [0.5, 0.6) is 0 Å². The molecule has 6 nitrogen and oxygen atoms in total. The van der Waals surface area contributed by atoms with Crippen molar-refractivity contribution < 1.29 is 28.6 Å². The maximum absolute atomic E-state index is 13.0. The second-order valence-corrected chi connectivity index (χ2v) is 22.3. The number of hydrogen-bond acceptors (Lipinski definition) is 6. The smallest absolute Gasteiger partial charge is 0.306 e. The van der Waals surface area contributed by atoms with E-state index < -0.39 is 6.10 Å². The molecule has 0 bridgehead atoms. The predicted molar refractivity (Wildman–Crippen MR) is 362 cm³/mol. The molecule has 470 valence electrons. The Morgan fingerprint density at radius 3 is 0.759 bits per heavy atom. The Hall–Kier alpha value is -4.71. The van der Waals surface area contributed by atoms with Gasteiger partial charge in [0.2, 0.25) is 0 Å². The van der Waals surface area contributed by atoms with Gasteiger partial charge in [-0.15, -0.1) is 0 Å². The van der Waals surface area contributed by atoms with Gasteiger partial charge in [-0.3, -0.25) is 14.4 Å². The fourth-order valence-electron chi connectivity index (χ4n) is 9.17. The van der Waals surface area contributed by atoms with Crippen molar-refractivity contribution in [3.05, 3.63) is 146 Å². The minimum atomic E-state index is -0.806.